The van der Waals surface area contributed by atoms with Crippen molar-refractivity contribution in [1.29, 1.82) is 0 Å². The van der Waals surface area contributed by atoms with E-state index < -0.39 is 0 Å². The molecule has 0 saturated carbocycles. The van der Waals surface area contributed by atoms with E-state index in [9.17, 15) is 4.79 Å². The lowest BCUT2D eigenvalue weighted by Crippen LogP contribution is -2.44. The molecule has 0 radical (unpaired) electrons. The predicted octanol–water partition coefficient (Wildman–Crippen LogP) is 5.40. The molecule has 8 heteroatoms. The molecule has 2 heterocycles. The molecule has 1 aliphatic heterocycles. The quantitative estimate of drug-likeness (QED) is 0.348. The first-order chi connectivity index (χ1) is 16.4. The first-order valence-corrected chi connectivity index (χ1v) is 12.7. The number of amides is 1. The molecule has 7 nitrogen and oxygen atoms in total. The van der Waals surface area contributed by atoms with Gasteiger partial charge in [0.2, 0.25) is 5.91 Å². The number of nitrogens with one attached hydrogen (secondary N) is 2. The Morgan fingerprint density at radius 2 is 1.82 bits per heavy atom. The van der Waals surface area contributed by atoms with Gasteiger partial charge in [-0.3, -0.25) is 4.79 Å². The smallest absolute Gasteiger partial charge is 0.224 e. The first-order valence-electron chi connectivity index (χ1n) is 11.9. The molecular formula is C26H36N6OS. The number of nitrogens with zero attached hydrogens (tertiary/aromatic N) is 4. The van der Waals surface area contributed by atoms with Crippen LogP contribution < -0.4 is 15.5 Å². The molecule has 0 atom stereocenters. The Bertz CT molecular complexity index is 1010. The molecule has 0 bridgehead atoms. The van der Waals surface area contributed by atoms with Crippen LogP contribution in [0.15, 0.2) is 64.3 Å². The van der Waals surface area contributed by atoms with Crippen molar-refractivity contribution < 1.29 is 4.79 Å². The van der Waals surface area contributed by atoms with E-state index in [4.69, 9.17) is 9.97 Å². The molecule has 0 aliphatic carbocycles. The van der Waals surface area contributed by atoms with Crippen molar-refractivity contribution >= 4 is 35.0 Å². The highest BCUT2D eigenvalue weighted by Gasteiger charge is 2.18. The average molecular weight is 481 g/mol. The minimum Gasteiger partial charge on any atom is -0.354 e. The minimum absolute atomic E-state index is 0.00466. The van der Waals surface area contributed by atoms with Gasteiger partial charge in [-0.2, -0.15) is 0 Å². The third-order valence-electron chi connectivity index (χ3n) is 5.42. The fourth-order valence-electron chi connectivity index (χ4n) is 3.58. The van der Waals surface area contributed by atoms with Crippen LogP contribution in [0.5, 0.6) is 0 Å². The summed E-state index contributed by atoms with van der Waals surface area (Å²) in [5.41, 5.74) is 2.90. The maximum Gasteiger partial charge on any atom is 0.224 e. The van der Waals surface area contributed by atoms with E-state index in [0.29, 0.717) is 11.6 Å². The van der Waals surface area contributed by atoms with Gasteiger partial charge in [-0.05, 0) is 62.5 Å². The monoisotopic (exact) mass is 480 g/mol. The molecule has 1 aromatic carbocycles. The highest BCUT2D eigenvalue weighted by molar-refractivity contribution is 7.99. The molecule has 182 valence electrons. The Morgan fingerprint density at radius 1 is 1.12 bits per heavy atom. The highest BCUT2D eigenvalue weighted by Crippen LogP contribution is 2.30. The zero-order valence-corrected chi connectivity index (χ0v) is 21.5. The number of carbonyl (C=O) groups is 1. The number of likely N-dealkylation sites (N-methyl/N-ethyl adjacent to an activating group) is 1. The molecule has 1 amide bonds. The van der Waals surface area contributed by atoms with Crippen molar-refractivity contribution in [2.75, 3.05) is 48.8 Å². The fourth-order valence-corrected chi connectivity index (χ4v) is 4.35. The number of hydrogen-bond acceptors (Lipinski definition) is 7. The van der Waals surface area contributed by atoms with E-state index >= 15 is 0 Å². The second kappa shape index (κ2) is 12.6. The van der Waals surface area contributed by atoms with Crippen molar-refractivity contribution in [2.45, 2.75) is 50.1 Å². The minimum atomic E-state index is 0.00466. The van der Waals surface area contributed by atoms with E-state index in [0.717, 1.165) is 72.5 Å². The first kappa shape index (κ1) is 25.8. The van der Waals surface area contributed by atoms with Gasteiger partial charge in [0, 0.05) is 54.9 Å². The van der Waals surface area contributed by atoms with Gasteiger partial charge < -0.3 is 20.4 Å². The van der Waals surface area contributed by atoms with Crippen molar-refractivity contribution in [1.82, 2.24) is 14.9 Å². The zero-order valence-electron chi connectivity index (χ0n) is 20.7. The molecule has 34 heavy (non-hydrogen) atoms. The van der Waals surface area contributed by atoms with E-state index in [2.05, 4.69) is 47.1 Å². The summed E-state index contributed by atoms with van der Waals surface area (Å²) in [6.07, 6.45) is 4.50. The van der Waals surface area contributed by atoms with Gasteiger partial charge in [0.05, 0.1) is 0 Å². The largest absolute Gasteiger partial charge is 0.354 e. The Morgan fingerprint density at radius 3 is 2.44 bits per heavy atom. The van der Waals surface area contributed by atoms with Gasteiger partial charge >= 0.3 is 0 Å². The summed E-state index contributed by atoms with van der Waals surface area (Å²) < 4.78 is 0. The van der Waals surface area contributed by atoms with Crippen molar-refractivity contribution in [3.63, 3.8) is 0 Å². The number of anilines is 3. The van der Waals surface area contributed by atoms with Crippen LogP contribution in [0.2, 0.25) is 0 Å². The highest BCUT2D eigenvalue weighted by atomic mass is 32.2. The Kier molecular flexibility index (Phi) is 9.53. The van der Waals surface area contributed by atoms with Gasteiger partial charge in [0.25, 0.3) is 0 Å². The molecular weight excluding hydrogens is 444 g/mol. The lowest BCUT2D eigenvalue weighted by Gasteiger charge is -2.33. The Balaban J connectivity index is 1.86. The summed E-state index contributed by atoms with van der Waals surface area (Å²) in [4.78, 5) is 27.0. The van der Waals surface area contributed by atoms with Crippen LogP contribution in [0.1, 0.15) is 40.0 Å². The van der Waals surface area contributed by atoms with Crippen LogP contribution in [-0.2, 0) is 4.79 Å². The Labute approximate surface area is 207 Å². The van der Waals surface area contributed by atoms with Gasteiger partial charge in [-0.1, -0.05) is 32.4 Å². The van der Waals surface area contributed by atoms with Crippen LogP contribution in [0.3, 0.4) is 0 Å². The standard InChI is InChI=1S/C26H36N6OS/c1-6-8-21(17-19(3)4)27-23-18-24(32-15-13-31(5)14-16-32)30-26(29-23)34-22-11-9-20(10-12-22)28-25(33)7-2/h9-12,17-18H,3,6-8,13-16H2,1-2,4-5H3,(H,28,33)(H,27,29,30)/b21-17+. The normalized spacial score (nSPS) is 14.7. The third kappa shape index (κ3) is 7.88. The van der Waals surface area contributed by atoms with Crippen molar-refractivity contribution in [2.24, 2.45) is 0 Å². The van der Waals surface area contributed by atoms with E-state index in [1.165, 1.54) is 11.8 Å². The molecule has 1 aliphatic rings. The molecule has 0 unspecified atom stereocenters. The summed E-state index contributed by atoms with van der Waals surface area (Å²) in [6.45, 7) is 13.9. The third-order valence-corrected chi connectivity index (χ3v) is 6.29. The Hall–Kier alpha value is -2.84. The topological polar surface area (TPSA) is 73.4 Å². The lowest BCUT2D eigenvalue weighted by molar-refractivity contribution is -0.115. The van der Waals surface area contributed by atoms with Crippen molar-refractivity contribution in [3.8, 4) is 0 Å². The van der Waals surface area contributed by atoms with E-state index in [1.807, 2.05) is 44.2 Å². The lowest BCUT2D eigenvalue weighted by atomic mass is 10.2. The summed E-state index contributed by atoms with van der Waals surface area (Å²) in [5, 5.41) is 7.09. The molecule has 2 N–H and O–H groups in total. The summed E-state index contributed by atoms with van der Waals surface area (Å²) >= 11 is 1.52. The number of carbonyl (C=O) groups excluding carboxylic acids is 1. The molecule has 1 saturated heterocycles. The second-order valence-corrected chi connectivity index (χ2v) is 9.64. The van der Waals surface area contributed by atoms with Gasteiger partial charge in [0.15, 0.2) is 5.16 Å². The van der Waals surface area contributed by atoms with Crippen LogP contribution in [0.25, 0.3) is 0 Å². The molecule has 2 aromatic rings. The number of hydrogen-bond donors (Lipinski definition) is 2. The summed E-state index contributed by atoms with van der Waals surface area (Å²) in [5.74, 6) is 1.73. The number of rotatable bonds is 10. The summed E-state index contributed by atoms with van der Waals surface area (Å²) in [7, 11) is 2.15. The van der Waals surface area contributed by atoms with Gasteiger partial charge in [-0.25, -0.2) is 9.97 Å². The van der Waals surface area contributed by atoms with E-state index in [-0.39, 0.29) is 5.91 Å². The number of aromatic nitrogens is 2. The maximum absolute atomic E-state index is 11.6. The maximum atomic E-state index is 11.6. The molecule has 0 spiro atoms. The SMILES string of the molecule is C=C(C)/C=C(\CCC)Nc1cc(N2CCN(C)CC2)nc(Sc2ccc(NC(=O)CC)cc2)n1. The fraction of sp³-hybridized carbons (Fsp3) is 0.423. The number of piperazine rings is 1. The molecule has 3 rings (SSSR count). The van der Waals surface area contributed by atoms with E-state index in [1.54, 1.807) is 0 Å². The van der Waals surface area contributed by atoms with Crippen LogP contribution in [0, 0.1) is 0 Å². The molecule has 1 aromatic heterocycles. The van der Waals surface area contributed by atoms with Crippen LogP contribution in [0.4, 0.5) is 17.3 Å². The van der Waals surface area contributed by atoms with Crippen molar-refractivity contribution in [3.05, 3.63) is 54.3 Å². The average Bonchev–Trinajstić information content (AvgIpc) is 2.80. The molecule has 1 fully saturated rings. The number of benzene rings is 1. The summed E-state index contributed by atoms with van der Waals surface area (Å²) in [6, 6.07) is 9.83. The zero-order chi connectivity index (χ0) is 24.5. The van der Waals surface area contributed by atoms with Gasteiger partial charge in [-0.15, -0.1) is 0 Å². The second-order valence-electron chi connectivity index (χ2n) is 8.60. The number of allylic oxidation sites excluding steroid dienone is 3. The van der Waals surface area contributed by atoms with Gasteiger partial charge in [0.1, 0.15) is 11.6 Å². The van der Waals surface area contributed by atoms with Crippen LogP contribution in [-0.4, -0.2) is 54.0 Å². The van der Waals surface area contributed by atoms with Crippen LogP contribution >= 0.6 is 11.8 Å². The predicted molar refractivity (Wildman–Crippen MR) is 143 cm³/mol.